The minimum Gasteiger partial charge on any atom is -0.480 e. The number of nitrogens with zero attached hydrogens (tertiary/aromatic N) is 5. The quantitative estimate of drug-likeness (QED) is 0.0355. The molecule has 522 valence electrons. The second-order valence-corrected chi connectivity index (χ2v) is 26.1. The molecule has 0 spiro atoms. The molecule has 0 aliphatic carbocycles. The first-order valence-electron chi connectivity index (χ1n) is 33.2. The van der Waals surface area contributed by atoms with Gasteiger partial charge in [0.1, 0.15) is 24.2 Å². The van der Waals surface area contributed by atoms with Gasteiger partial charge in [0.15, 0.2) is 0 Å². The Kier molecular flexibility index (Phi) is 32.3. The molecular formula is C69H107N11O14. The van der Waals surface area contributed by atoms with Gasteiger partial charge in [-0.05, 0) is 98.9 Å². The van der Waals surface area contributed by atoms with Crippen molar-refractivity contribution >= 4 is 70.9 Å². The number of unbranched alkanes of at least 4 members (excludes halogenated alkanes) is 2. The Morgan fingerprint density at radius 3 is 1.89 bits per heavy atom. The van der Waals surface area contributed by atoms with Crippen LogP contribution in [0.3, 0.4) is 0 Å². The van der Waals surface area contributed by atoms with E-state index in [1.54, 1.807) is 81.1 Å². The molecule has 94 heavy (non-hydrogen) atoms. The van der Waals surface area contributed by atoms with Crippen molar-refractivity contribution in [3.63, 3.8) is 0 Å². The van der Waals surface area contributed by atoms with Gasteiger partial charge in [-0.2, -0.15) is 0 Å². The summed E-state index contributed by atoms with van der Waals surface area (Å²) in [5.41, 5.74) is 7.49. The number of likely N-dealkylation sites (tertiary alicyclic amines) is 1. The molecule has 8 N–H and O–H groups in total. The Morgan fingerprint density at radius 2 is 1.33 bits per heavy atom. The Labute approximate surface area is 555 Å². The van der Waals surface area contributed by atoms with Crippen LogP contribution in [0.1, 0.15) is 138 Å². The zero-order valence-corrected chi connectivity index (χ0v) is 57.8. The molecule has 1 fully saturated rings. The molecular weight excluding hydrogens is 1210 g/mol. The van der Waals surface area contributed by atoms with Gasteiger partial charge in [-0.25, -0.2) is 9.59 Å². The van der Waals surface area contributed by atoms with E-state index in [0.29, 0.717) is 70.1 Å². The third kappa shape index (κ3) is 23.0. The molecule has 11 amide bonds. The highest BCUT2D eigenvalue weighted by Crippen LogP contribution is 2.30. The number of aliphatic carboxylic acids is 1. The SMILES string of the molecule is CC[C@H](C)[C@@H]([C@@H](CC(=O)N1CCCC1[C@H](OC)[C@@H](C)C(=O)N[C@@H](Cc1ccccc1)C(=O)O)OC)N(C)C(=O)C(NC(=O)C(C(C)C)N(C)CCc1ccc(N(C)C(=O)C(CCCNC(N)=O)NC(=O)C(NC(=O)CCCCCN2C(=O)C=CC2=O)C(C)C)cc1)C(C)C. The van der Waals surface area contributed by atoms with Crippen LogP contribution in [0, 0.1) is 29.6 Å². The van der Waals surface area contributed by atoms with Gasteiger partial charge < -0.3 is 61.6 Å². The summed E-state index contributed by atoms with van der Waals surface area (Å²) in [5, 5.41) is 24.0. The number of nitrogens with two attached hydrogens (primary N) is 1. The van der Waals surface area contributed by atoms with Crippen molar-refractivity contribution in [3.05, 3.63) is 77.9 Å². The zero-order chi connectivity index (χ0) is 70.1. The Morgan fingerprint density at radius 1 is 0.702 bits per heavy atom. The van der Waals surface area contributed by atoms with Crippen molar-refractivity contribution in [2.45, 2.75) is 194 Å². The number of primary amides is 1. The minimum absolute atomic E-state index is 0.0899. The molecule has 25 nitrogen and oxygen atoms in total. The molecule has 2 aromatic carbocycles. The van der Waals surface area contributed by atoms with E-state index >= 15 is 0 Å². The monoisotopic (exact) mass is 1310 g/mol. The first-order valence-corrected chi connectivity index (χ1v) is 33.2. The summed E-state index contributed by atoms with van der Waals surface area (Å²) in [6.07, 6.45) is 5.38. The van der Waals surface area contributed by atoms with E-state index in [4.69, 9.17) is 15.2 Å². The van der Waals surface area contributed by atoms with Gasteiger partial charge in [0.05, 0.1) is 42.7 Å². The van der Waals surface area contributed by atoms with Crippen molar-refractivity contribution in [1.29, 1.82) is 0 Å². The topological polar surface area (TPSA) is 329 Å². The van der Waals surface area contributed by atoms with Crippen molar-refractivity contribution in [2.24, 2.45) is 35.3 Å². The fourth-order valence-electron chi connectivity index (χ4n) is 12.5. The van der Waals surface area contributed by atoms with Gasteiger partial charge in [-0.3, -0.25) is 53.0 Å². The van der Waals surface area contributed by atoms with Crippen LogP contribution in [0.15, 0.2) is 66.7 Å². The van der Waals surface area contributed by atoms with E-state index in [2.05, 4.69) is 26.6 Å². The van der Waals surface area contributed by atoms with Gasteiger partial charge in [0, 0.05) is 85.2 Å². The molecule has 4 rings (SSSR count). The maximum absolute atomic E-state index is 14.9. The van der Waals surface area contributed by atoms with Crippen LogP contribution in [-0.4, -0.2) is 206 Å². The summed E-state index contributed by atoms with van der Waals surface area (Å²) in [5.74, 6) is -6.51. The molecule has 25 heteroatoms. The summed E-state index contributed by atoms with van der Waals surface area (Å²) in [6.45, 7) is 18.1. The smallest absolute Gasteiger partial charge is 0.326 e. The Balaban J connectivity index is 1.40. The number of imide groups is 1. The van der Waals surface area contributed by atoms with E-state index < -0.39 is 90.1 Å². The van der Waals surface area contributed by atoms with E-state index in [1.807, 2.05) is 71.7 Å². The number of benzene rings is 2. The molecule has 2 aromatic rings. The fourth-order valence-corrected chi connectivity index (χ4v) is 12.5. The minimum atomic E-state index is -1.18. The number of carboxylic acids is 1. The van der Waals surface area contributed by atoms with Crippen LogP contribution in [-0.2, 0) is 70.3 Å². The molecule has 5 unspecified atom stereocenters. The normalized spacial score (nSPS) is 17.2. The third-order valence-electron chi connectivity index (χ3n) is 18.2. The number of hydrogen-bond acceptors (Lipinski definition) is 14. The van der Waals surface area contributed by atoms with Gasteiger partial charge in [-0.15, -0.1) is 0 Å². The maximum Gasteiger partial charge on any atom is 0.326 e. The number of amides is 11. The average molecular weight is 1310 g/mol. The lowest BCUT2D eigenvalue weighted by atomic mass is 9.89. The van der Waals surface area contributed by atoms with Crippen LogP contribution >= 0.6 is 0 Å². The number of carbonyl (C=O) groups is 11. The average Bonchev–Trinajstić information content (AvgIpc) is 1.33. The second kappa shape index (κ2) is 38.6. The highest BCUT2D eigenvalue weighted by molar-refractivity contribution is 6.12. The van der Waals surface area contributed by atoms with Gasteiger partial charge >= 0.3 is 12.0 Å². The number of urea groups is 1. The molecule has 1 saturated heterocycles. The number of anilines is 1. The van der Waals surface area contributed by atoms with Crippen molar-refractivity contribution < 1.29 is 67.3 Å². The molecule has 2 aliphatic heterocycles. The first kappa shape index (κ1) is 78.7. The number of ether oxygens (including phenoxy) is 2. The Bertz CT molecular complexity index is 2870. The fraction of sp³-hybridized carbons (Fsp3) is 0.638. The summed E-state index contributed by atoms with van der Waals surface area (Å²) < 4.78 is 12.0. The summed E-state index contributed by atoms with van der Waals surface area (Å²) in [6, 6.07) is 9.74. The third-order valence-corrected chi connectivity index (χ3v) is 18.2. The summed E-state index contributed by atoms with van der Waals surface area (Å²) >= 11 is 0. The lowest BCUT2D eigenvalue weighted by molar-refractivity contribution is -0.148. The standard InChI is InChI=1S/C69H107N11O14/c1-15-45(8)61(53(93-13)41-57(84)79-38-23-27-52(79)62(94-14)46(9)63(85)73-51(68(90)91)40-48-24-18-16-19-25-48)78(12)67(89)59(43(4)5)75-65(87)60(44(6)7)76(10)39-35-47-29-31-49(32-30-47)77(11)66(88)50(26-22-36-71-69(70)92)72-64(86)58(42(2)3)74-54(81)28-20-17-21-37-80-55(82)33-34-56(80)83/h16,18-19,24-25,29-34,42-46,50-53,58-62H,15,17,20-23,26-28,35-41H2,1-14H3,(H,72,86)(H,73,85)(H,74,81)(H,75,87)(H,90,91)(H3,70,71,92)/t45-,46+,50?,51-,52?,53+,58?,59?,60?,61-,62+/m0/s1. The van der Waals surface area contributed by atoms with Crippen LogP contribution in [0.25, 0.3) is 0 Å². The number of likely N-dealkylation sites (N-methyl/N-ethyl adjacent to an activating group) is 3. The molecule has 11 atom stereocenters. The number of hydrogen-bond donors (Lipinski definition) is 7. The van der Waals surface area contributed by atoms with E-state index in [9.17, 15) is 57.8 Å². The highest BCUT2D eigenvalue weighted by atomic mass is 16.5. The maximum atomic E-state index is 14.9. The molecule has 2 heterocycles. The van der Waals surface area contributed by atoms with Crippen molar-refractivity contribution in [3.8, 4) is 0 Å². The molecule has 0 radical (unpaired) electrons. The number of rotatable bonds is 40. The van der Waals surface area contributed by atoms with Crippen LogP contribution in [0.2, 0.25) is 0 Å². The molecule has 0 saturated carbocycles. The molecule has 2 aliphatic rings. The second-order valence-electron chi connectivity index (χ2n) is 26.1. The first-order chi connectivity index (χ1) is 44.5. The predicted molar refractivity (Wildman–Crippen MR) is 357 cm³/mol. The van der Waals surface area contributed by atoms with Crippen LogP contribution in [0.5, 0.6) is 0 Å². The highest BCUT2D eigenvalue weighted by Gasteiger charge is 2.44. The van der Waals surface area contributed by atoms with E-state index in [-0.39, 0.29) is 97.9 Å². The van der Waals surface area contributed by atoms with E-state index in [0.717, 1.165) is 16.0 Å². The van der Waals surface area contributed by atoms with Gasteiger partial charge in [0.2, 0.25) is 41.4 Å². The van der Waals surface area contributed by atoms with E-state index in [1.165, 1.54) is 31.3 Å². The molecule has 0 aromatic heterocycles. The number of methoxy groups -OCH3 is 2. The molecule has 0 bridgehead atoms. The summed E-state index contributed by atoms with van der Waals surface area (Å²) in [7, 11) is 8.11. The largest absolute Gasteiger partial charge is 0.480 e. The zero-order valence-electron chi connectivity index (χ0n) is 57.8. The predicted octanol–water partition coefficient (Wildman–Crippen LogP) is 4.58. The van der Waals surface area contributed by atoms with Crippen molar-refractivity contribution in [2.75, 3.05) is 66.4 Å². The summed E-state index contributed by atoms with van der Waals surface area (Å²) in [4.78, 5) is 154. The number of carbonyl (C=O) groups excluding carboxylic acids is 10. The van der Waals surface area contributed by atoms with Crippen LogP contribution in [0.4, 0.5) is 10.5 Å². The Hall–Kier alpha value is -7.77. The lowest BCUT2D eigenvalue weighted by Crippen LogP contribution is -2.60. The van der Waals surface area contributed by atoms with Gasteiger partial charge in [-0.1, -0.05) is 118 Å². The number of nitrogens with one attached hydrogen (secondary N) is 5. The number of carboxylic acid groups (broad SMARTS) is 1. The lowest BCUT2D eigenvalue weighted by Gasteiger charge is -2.41. The van der Waals surface area contributed by atoms with Crippen molar-refractivity contribution in [1.82, 2.24) is 46.2 Å². The van der Waals surface area contributed by atoms with Crippen LogP contribution < -0.4 is 37.2 Å². The van der Waals surface area contributed by atoms with Gasteiger partial charge in [0.25, 0.3) is 11.8 Å².